The number of carbonyl (C=O) groups excluding carboxylic acids is 1. The quantitative estimate of drug-likeness (QED) is 0.745. The number of carbonyl (C=O) groups is 1. The third-order valence-corrected chi connectivity index (χ3v) is 6.81. The van der Waals surface area contributed by atoms with Gasteiger partial charge in [0.25, 0.3) is 5.91 Å². The number of rotatable bonds is 6. The second-order valence-corrected chi connectivity index (χ2v) is 8.62. The second kappa shape index (κ2) is 9.33. The van der Waals surface area contributed by atoms with Crippen LogP contribution in [0.15, 0.2) is 36.5 Å². The molecule has 0 radical (unpaired) electrons. The lowest BCUT2D eigenvalue weighted by atomic mass is 9.68. The zero-order valence-corrected chi connectivity index (χ0v) is 19.5. The molecule has 1 spiro atoms. The van der Waals surface area contributed by atoms with Gasteiger partial charge in [-0.25, -0.2) is 0 Å². The fourth-order valence-electron chi connectivity index (χ4n) is 5.00. The Bertz CT molecular complexity index is 1000. The Hall–Kier alpha value is -2.86. The minimum Gasteiger partial charge on any atom is -0.497 e. The van der Waals surface area contributed by atoms with Gasteiger partial charge in [0, 0.05) is 36.5 Å². The van der Waals surface area contributed by atoms with Crippen LogP contribution in [0.25, 0.3) is 5.57 Å². The maximum absolute atomic E-state index is 12.7. The molecular formula is C26H33N3O3. The van der Waals surface area contributed by atoms with E-state index < -0.39 is 0 Å². The van der Waals surface area contributed by atoms with Gasteiger partial charge >= 0.3 is 0 Å². The second-order valence-electron chi connectivity index (χ2n) is 8.62. The summed E-state index contributed by atoms with van der Waals surface area (Å²) < 4.78 is 11.3. The van der Waals surface area contributed by atoms with E-state index >= 15 is 0 Å². The summed E-state index contributed by atoms with van der Waals surface area (Å²) in [5.74, 6) is 1.61. The Kier molecular flexibility index (Phi) is 6.51. The summed E-state index contributed by atoms with van der Waals surface area (Å²) in [5, 5.41) is 3.49. The molecule has 1 fully saturated rings. The van der Waals surface area contributed by atoms with E-state index in [9.17, 15) is 4.79 Å². The Morgan fingerprint density at radius 1 is 1.12 bits per heavy atom. The number of methoxy groups -OCH3 is 2. The van der Waals surface area contributed by atoms with E-state index in [0.717, 1.165) is 60.7 Å². The number of benzene rings is 1. The van der Waals surface area contributed by atoms with Gasteiger partial charge in [-0.15, -0.1) is 0 Å². The normalized spacial score (nSPS) is 16.8. The molecule has 0 atom stereocenters. The van der Waals surface area contributed by atoms with Crippen LogP contribution in [0.3, 0.4) is 0 Å². The maximum atomic E-state index is 12.7. The molecule has 1 amide bonds. The van der Waals surface area contributed by atoms with Crippen LogP contribution >= 0.6 is 0 Å². The topological polar surface area (TPSA) is 63.7 Å². The molecule has 1 aliphatic heterocycles. The van der Waals surface area contributed by atoms with Gasteiger partial charge in [-0.1, -0.05) is 6.08 Å². The fourth-order valence-corrected chi connectivity index (χ4v) is 5.00. The zero-order chi connectivity index (χ0) is 22.7. The molecule has 2 heterocycles. The summed E-state index contributed by atoms with van der Waals surface area (Å²) in [6.07, 6.45) is 7.22. The molecule has 2 aromatic rings. The third kappa shape index (κ3) is 4.11. The van der Waals surface area contributed by atoms with Crippen LogP contribution in [0.1, 0.15) is 53.9 Å². The summed E-state index contributed by atoms with van der Waals surface area (Å²) in [6.45, 7) is 7.37. The standard InChI is InChI=1S/C26H33N3O3/c1-5-29(6-2)25(30)18-7-8-22(28-17-18)21-16-26(9-11-27-12-10-26)15-19-13-20(31-3)14-23(32-4)24(19)21/h7-8,13-14,16-17,27H,5-6,9-12,15H2,1-4H3. The summed E-state index contributed by atoms with van der Waals surface area (Å²) in [6, 6.07) is 7.93. The van der Waals surface area contributed by atoms with Gasteiger partial charge < -0.3 is 19.7 Å². The van der Waals surface area contributed by atoms with E-state index in [2.05, 4.69) is 17.5 Å². The molecule has 1 N–H and O–H groups in total. The molecule has 1 aromatic heterocycles. The number of hydrogen-bond donors (Lipinski definition) is 1. The van der Waals surface area contributed by atoms with E-state index in [0.29, 0.717) is 18.7 Å². The molecule has 4 rings (SSSR count). The average molecular weight is 436 g/mol. The van der Waals surface area contributed by atoms with E-state index in [4.69, 9.17) is 14.5 Å². The number of nitrogens with zero attached hydrogens (tertiary/aromatic N) is 2. The minimum atomic E-state index is 0.0178. The summed E-state index contributed by atoms with van der Waals surface area (Å²) in [5.41, 5.74) is 4.95. The van der Waals surface area contributed by atoms with Gasteiger partial charge in [-0.3, -0.25) is 9.78 Å². The average Bonchev–Trinajstić information content (AvgIpc) is 2.84. The number of nitrogens with one attached hydrogen (secondary N) is 1. The van der Waals surface area contributed by atoms with Crippen molar-refractivity contribution in [3.63, 3.8) is 0 Å². The highest BCUT2D eigenvalue weighted by Gasteiger charge is 2.37. The van der Waals surface area contributed by atoms with Crippen LogP contribution in [-0.4, -0.2) is 56.2 Å². The molecular weight excluding hydrogens is 402 g/mol. The van der Waals surface area contributed by atoms with E-state index in [1.54, 1.807) is 20.4 Å². The Labute approximate surface area is 190 Å². The first kappa shape index (κ1) is 22.3. The van der Waals surface area contributed by atoms with Crippen LogP contribution in [0.2, 0.25) is 0 Å². The van der Waals surface area contributed by atoms with Gasteiger partial charge in [0.05, 0.1) is 25.5 Å². The Morgan fingerprint density at radius 3 is 2.47 bits per heavy atom. The summed E-state index contributed by atoms with van der Waals surface area (Å²) in [4.78, 5) is 19.3. The van der Waals surface area contributed by atoms with Crippen LogP contribution in [0.5, 0.6) is 11.5 Å². The van der Waals surface area contributed by atoms with Crippen LogP contribution in [-0.2, 0) is 6.42 Å². The first-order valence-electron chi connectivity index (χ1n) is 11.5. The van der Waals surface area contributed by atoms with Crippen molar-refractivity contribution < 1.29 is 14.3 Å². The molecule has 1 aliphatic carbocycles. The molecule has 1 saturated heterocycles. The SMILES string of the molecule is CCN(CC)C(=O)c1ccc(C2=CC3(CCNCC3)Cc3cc(OC)cc(OC)c32)nc1. The van der Waals surface area contributed by atoms with E-state index in [-0.39, 0.29) is 11.3 Å². The lowest BCUT2D eigenvalue weighted by molar-refractivity contribution is 0.0772. The van der Waals surface area contributed by atoms with Gasteiger partial charge in [0.1, 0.15) is 11.5 Å². The van der Waals surface area contributed by atoms with Crippen molar-refractivity contribution >= 4 is 11.5 Å². The van der Waals surface area contributed by atoms with Crippen molar-refractivity contribution in [1.82, 2.24) is 15.2 Å². The van der Waals surface area contributed by atoms with Crippen molar-refractivity contribution in [3.05, 3.63) is 58.9 Å². The number of ether oxygens (including phenoxy) is 2. The predicted octanol–water partition coefficient (Wildman–Crippen LogP) is 3.94. The summed E-state index contributed by atoms with van der Waals surface area (Å²) in [7, 11) is 3.38. The molecule has 170 valence electrons. The minimum absolute atomic E-state index is 0.0178. The highest BCUT2D eigenvalue weighted by atomic mass is 16.5. The van der Waals surface area contributed by atoms with Crippen molar-refractivity contribution in [2.24, 2.45) is 5.41 Å². The largest absolute Gasteiger partial charge is 0.497 e. The lowest BCUT2D eigenvalue weighted by Crippen LogP contribution is -2.38. The number of fused-ring (bicyclic) bond motifs is 1. The van der Waals surface area contributed by atoms with Gasteiger partial charge in [-0.05, 0) is 75.4 Å². The highest BCUT2D eigenvalue weighted by Crippen LogP contribution is 2.48. The first-order chi connectivity index (χ1) is 15.5. The fraction of sp³-hybridized carbons (Fsp3) is 0.462. The van der Waals surface area contributed by atoms with Crippen molar-refractivity contribution in [1.29, 1.82) is 0 Å². The number of piperidine rings is 1. The highest BCUT2D eigenvalue weighted by molar-refractivity contribution is 5.94. The monoisotopic (exact) mass is 435 g/mol. The summed E-state index contributed by atoms with van der Waals surface area (Å²) >= 11 is 0. The van der Waals surface area contributed by atoms with Crippen molar-refractivity contribution in [2.75, 3.05) is 40.4 Å². The smallest absolute Gasteiger partial charge is 0.255 e. The molecule has 0 bridgehead atoms. The maximum Gasteiger partial charge on any atom is 0.255 e. The van der Waals surface area contributed by atoms with Crippen molar-refractivity contribution in [2.45, 2.75) is 33.1 Å². The van der Waals surface area contributed by atoms with Crippen LogP contribution in [0.4, 0.5) is 0 Å². The number of aromatic nitrogens is 1. The molecule has 0 saturated carbocycles. The molecule has 0 unspecified atom stereocenters. The first-order valence-corrected chi connectivity index (χ1v) is 11.5. The molecule has 6 heteroatoms. The molecule has 32 heavy (non-hydrogen) atoms. The number of hydrogen-bond acceptors (Lipinski definition) is 5. The molecule has 2 aliphatic rings. The van der Waals surface area contributed by atoms with Gasteiger partial charge in [0.15, 0.2) is 0 Å². The number of pyridine rings is 1. The third-order valence-electron chi connectivity index (χ3n) is 6.81. The zero-order valence-electron chi connectivity index (χ0n) is 19.5. The van der Waals surface area contributed by atoms with Crippen LogP contribution in [0, 0.1) is 5.41 Å². The van der Waals surface area contributed by atoms with Crippen LogP contribution < -0.4 is 14.8 Å². The van der Waals surface area contributed by atoms with Gasteiger partial charge in [-0.2, -0.15) is 0 Å². The Balaban J connectivity index is 1.80. The number of allylic oxidation sites excluding steroid dienone is 1. The number of amides is 1. The van der Waals surface area contributed by atoms with Crippen molar-refractivity contribution in [3.8, 4) is 11.5 Å². The molecule has 1 aromatic carbocycles. The van der Waals surface area contributed by atoms with E-state index in [1.807, 2.05) is 36.9 Å². The molecule has 6 nitrogen and oxygen atoms in total. The Morgan fingerprint density at radius 2 is 1.88 bits per heavy atom. The predicted molar refractivity (Wildman–Crippen MR) is 126 cm³/mol. The lowest BCUT2D eigenvalue weighted by Gasteiger charge is -2.40. The van der Waals surface area contributed by atoms with E-state index in [1.165, 1.54) is 5.56 Å². The van der Waals surface area contributed by atoms with Gasteiger partial charge in [0.2, 0.25) is 0 Å².